The monoisotopic (exact) mass is 357 g/mol. The van der Waals surface area contributed by atoms with E-state index in [1.807, 2.05) is 37.4 Å². The fourth-order valence-electron chi connectivity index (χ4n) is 3.13. The van der Waals surface area contributed by atoms with Gasteiger partial charge in [-0.2, -0.15) is 0 Å². The van der Waals surface area contributed by atoms with Gasteiger partial charge in [-0.1, -0.05) is 19.1 Å². The molecule has 1 aliphatic rings. The van der Waals surface area contributed by atoms with Crippen LogP contribution in [0.5, 0.6) is 0 Å². The molecule has 0 spiro atoms. The topological polar surface area (TPSA) is 55.4 Å². The zero-order valence-electron chi connectivity index (χ0n) is 14.8. The van der Waals surface area contributed by atoms with Crippen molar-refractivity contribution in [2.75, 3.05) is 11.9 Å². The van der Waals surface area contributed by atoms with Crippen molar-refractivity contribution in [2.24, 2.45) is 5.92 Å². The van der Waals surface area contributed by atoms with E-state index in [1.165, 1.54) is 4.88 Å². The lowest BCUT2D eigenvalue weighted by atomic mass is 9.88. The van der Waals surface area contributed by atoms with Crippen molar-refractivity contribution in [3.63, 3.8) is 0 Å². The molecule has 0 saturated heterocycles. The van der Waals surface area contributed by atoms with Gasteiger partial charge in [0.1, 0.15) is 0 Å². The van der Waals surface area contributed by atoms with Crippen molar-refractivity contribution in [3.05, 3.63) is 50.7 Å². The molecule has 0 radical (unpaired) electrons. The zero-order chi connectivity index (χ0) is 18.0. The second kappa shape index (κ2) is 7.40. The number of fused-ring (bicyclic) bond motifs is 1. The summed E-state index contributed by atoms with van der Waals surface area (Å²) in [7, 11) is 0. The van der Waals surface area contributed by atoms with Crippen molar-refractivity contribution in [2.45, 2.75) is 40.0 Å². The summed E-state index contributed by atoms with van der Waals surface area (Å²) < 4.78 is 5.24. The summed E-state index contributed by atoms with van der Waals surface area (Å²) in [5, 5.41) is 4.67. The highest BCUT2D eigenvalue weighted by molar-refractivity contribution is 7.10. The molecule has 0 fully saturated rings. The van der Waals surface area contributed by atoms with Gasteiger partial charge in [0.25, 0.3) is 5.91 Å². The molecule has 1 aliphatic carbocycles. The average molecular weight is 357 g/mol. The third kappa shape index (κ3) is 3.93. The molecule has 2 aromatic rings. The first kappa shape index (κ1) is 17.7. The molecule has 3 rings (SSSR count). The molecule has 0 saturated carbocycles. The quantitative estimate of drug-likeness (QED) is 0.831. The highest BCUT2D eigenvalue weighted by Crippen LogP contribution is 2.33. The van der Waals surface area contributed by atoms with Crippen LogP contribution in [0.1, 0.15) is 45.3 Å². The predicted octanol–water partition coefficient (Wildman–Crippen LogP) is 4.29. The molecule has 0 aliphatic heterocycles. The van der Waals surface area contributed by atoms with Gasteiger partial charge in [0.15, 0.2) is 6.61 Å². The number of hydrogen-bond acceptors (Lipinski definition) is 4. The minimum Gasteiger partial charge on any atom is -0.452 e. The number of ether oxygens (including phenoxy) is 1. The van der Waals surface area contributed by atoms with Gasteiger partial charge in [0.05, 0.1) is 5.56 Å². The van der Waals surface area contributed by atoms with E-state index in [0.717, 1.165) is 41.6 Å². The molecular weight excluding hydrogens is 334 g/mol. The molecule has 5 heteroatoms. The number of amides is 1. The van der Waals surface area contributed by atoms with Crippen molar-refractivity contribution in [3.8, 4) is 0 Å². The summed E-state index contributed by atoms with van der Waals surface area (Å²) in [4.78, 5) is 25.7. The second-order valence-electron chi connectivity index (χ2n) is 6.77. The Hall–Kier alpha value is -2.14. The summed E-state index contributed by atoms with van der Waals surface area (Å²) in [6, 6.07) is 5.73. The Kier molecular flexibility index (Phi) is 5.23. The van der Waals surface area contributed by atoms with Gasteiger partial charge in [0, 0.05) is 15.9 Å². The van der Waals surface area contributed by atoms with Crippen LogP contribution in [0.2, 0.25) is 0 Å². The molecule has 1 N–H and O–H groups in total. The maximum atomic E-state index is 12.3. The standard InChI is InChI=1S/C20H23NO3S/c1-12-7-8-15-16(11-25-18(15)9-12)20(23)24-10-19(22)21-17-6-4-5-13(2)14(17)3/h4-6,11-12H,7-10H2,1-3H3,(H,21,22). The van der Waals surface area contributed by atoms with Crippen LogP contribution in [0.4, 0.5) is 5.69 Å². The van der Waals surface area contributed by atoms with E-state index in [9.17, 15) is 9.59 Å². The fourth-order valence-corrected chi connectivity index (χ4v) is 4.36. The largest absolute Gasteiger partial charge is 0.452 e. The first-order valence-corrected chi connectivity index (χ1v) is 9.46. The van der Waals surface area contributed by atoms with Crippen molar-refractivity contribution in [1.82, 2.24) is 0 Å². The Balaban J connectivity index is 1.59. The Bertz CT molecular complexity index is 809. The number of esters is 1. The SMILES string of the molecule is Cc1cccc(NC(=O)COC(=O)c2csc3c2CCC(C)C3)c1C. The van der Waals surface area contributed by atoms with Gasteiger partial charge < -0.3 is 10.1 Å². The summed E-state index contributed by atoms with van der Waals surface area (Å²) in [6.07, 6.45) is 3.04. The van der Waals surface area contributed by atoms with Crippen molar-refractivity contribution in [1.29, 1.82) is 0 Å². The van der Waals surface area contributed by atoms with E-state index in [2.05, 4.69) is 12.2 Å². The van der Waals surface area contributed by atoms with Crippen LogP contribution in [-0.4, -0.2) is 18.5 Å². The van der Waals surface area contributed by atoms with Gasteiger partial charge >= 0.3 is 5.97 Å². The van der Waals surface area contributed by atoms with Gasteiger partial charge in [-0.3, -0.25) is 4.79 Å². The normalized spacial score (nSPS) is 16.2. The number of hydrogen-bond donors (Lipinski definition) is 1. The molecule has 1 amide bonds. The lowest BCUT2D eigenvalue weighted by molar-refractivity contribution is -0.119. The van der Waals surface area contributed by atoms with E-state index in [1.54, 1.807) is 11.3 Å². The first-order valence-electron chi connectivity index (χ1n) is 8.58. The predicted molar refractivity (Wildman–Crippen MR) is 100 cm³/mol. The smallest absolute Gasteiger partial charge is 0.339 e. The van der Waals surface area contributed by atoms with Gasteiger partial charge in [-0.05, 0) is 61.8 Å². The minimum atomic E-state index is -0.400. The maximum absolute atomic E-state index is 12.3. The van der Waals surface area contributed by atoms with E-state index in [4.69, 9.17) is 4.74 Å². The summed E-state index contributed by atoms with van der Waals surface area (Å²) >= 11 is 1.62. The third-order valence-electron chi connectivity index (χ3n) is 4.83. The average Bonchev–Trinajstić information content (AvgIpc) is 3.00. The zero-order valence-corrected chi connectivity index (χ0v) is 15.7. The molecule has 1 aromatic heterocycles. The molecule has 1 unspecified atom stereocenters. The van der Waals surface area contributed by atoms with E-state index >= 15 is 0 Å². The van der Waals surface area contributed by atoms with Gasteiger partial charge in [-0.15, -0.1) is 11.3 Å². The first-order chi connectivity index (χ1) is 12.0. The number of aryl methyl sites for hydroxylation is 1. The molecule has 1 aromatic carbocycles. The lowest BCUT2D eigenvalue weighted by Gasteiger charge is -2.18. The molecule has 132 valence electrons. The lowest BCUT2D eigenvalue weighted by Crippen LogP contribution is -2.22. The fraction of sp³-hybridized carbons (Fsp3) is 0.400. The summed E-state index contributed by atoms with van der Waals surface area (Å²) in [5.41, 5.74) is 4.62. The Morgan fingerprint density at radius 3 is 2.92 bits per heavy atom. The molecule has 0 bridgehead atoms. The van der Waals surface area contributed by atoms with E-state index in [-0.39, 0.29) is 12.5 Å². The van der Waals surface area contributed by atoms with Crippen LogP contribution in [0, 0.1) is 19.8 Å². The van der Waals surface area contributed by atoms with E-state index < -0.39 is 5.97 Å². The van der Waals surface area contributed by atoms with Crippen LogP contribution >= 0.6 is 11.3 Å². The third-order valence-corrected chi connectivity index (χ3v) is 5.89. The number of carbonyl (C=O) groups is 2. The molecular formula is C20H23NO3S. The molecule has 25 heavy (non-hydrogen) atoms. The highest BCUT2D eigenvalue weighted by atomic mass is 32.1. The van der Waals surface area contributed by atoms with Gasteiger partial charge in [0.2, 0.25) is 0 Å². The highest BCUT2D eigenvalue weighted by Gasteiger charge is 2.24. The molecule has 1 heterocycles. The second-order valence-corrected chi connectivity index (χ2v) is 7.74. The molecule has 4 nitrogen and oxygen atoms in total. The van der Waals surface area contributed by atoms with Gasteiger partial charge in [-0.25, -0.2) is 4.79 Å². The number of carbonyl (C=O) groups excluding carboxylic acids is 2. The summed E-state index contributed by atoms with van der Waals surface area (Å²) in [6.45, 7) is 5.91. The van der Waals surface area contributed by atoms with Crippen LogP contribution in [0.3, 0.4) is 0 Å². The van der Waals surface area contributed by atoms with Crippen LogP contribution in [0.25, 0.3) is 0 Å². The summed E-state index contributed by atoms with van der Waals surface area (Å²) in [5.74, 6) is -0.0543. The van der Waals surface area contributed by atoms with Crippen LogP contribution < -0.4 is 5.32 Å². The number of anilines is 1. The number of thiophene rings is 1. The van der Waals surface area contributed by atoms with Crippen LogP contribution in [0.15, 0.2) is 23.6 Å². The Labute approximate surface area is 152 Å². The maximum Gasteiger partial charge on any atom is 0.339 e. The molecule has 1 atom stereocenters. The Morgan fingerprint density at radius 1 is 1.32 bits per heavy atom. The van der Waals surface area contributed by atoms with Crippen LogP contribution in [-0.2, 0) is 22.4 Å². The number of nitrogens with one attached hydrogen (secondary N) is 1. The van der Waals surface area contributed by atoms with Crippen molar-refractivity contribution < 1.29 is 14.3 Å². The number of benzene rings is 1. The number of rotatable bonds is 4. The van der Waals surface area contributed by atoms with E-state index in [0.29, 0.717) is 11.5 Å². The Morgan fingerprint density at radius 2 is 2.12 bits per heavy atom. The van der Waals surface area contributed by atoms with Crippen molar-refractivity contribution >= 4 is 28.9 Å². The minimum absolute atomic E-state index is 0.271.